The van der Waals surface area contributed by atoms with Gasteiger partial charge in [0.2, 0.25) is 15.8 Å². The molecule has 0 saturated carbocycles. The van der Waals surface area contributed by atoms with E-state index in [9.17, 15) is 26.0 Å². The zero-order valence-electron chi connectivity index (χ0n) is 15.3. The van der Waals surface area contributed by atoms with E-state index in [1.54, 1.807) is 0 Å². The van der Waals surface area contributed by atoms with Gasteiger partial charge in [-0.2, -0.15) is 18.2 Å². The molecule has 31 heavy (non-hydrogen) atoms. The molecular weight excluding hydrogens is 466 g/mol. The monoisotopic (exact) mass is 475 g/mol. The highest BCUT2D eigenvalue weighted by Gasteiger charge is 2.32. The van der Waals surface area contributed by atoms with Crippen LogP contribution >= 0.6 is 11.6 Å². The van der Waals surface area contributed by atoms with Gasteiger partial charge in [0.15, 0.2) is 5.65 Å². The molecule has 14 heteroatoms. The van der Waals surface area contributed by atoms with Gasteiger partial charge in [-0.3, -0.25) is 4.72 Å². The number of imidazole rings is 1. The molecule has 4 aromatic rings. The Bertz CT molecular complexity index is 1420. The fraction of sp³-hybridized carbons (Fsp3) is 0.118. The number of benzene rings is 1. The fourth-order valence-electron chi connectivity index (χ4n) is 2.73. The largest absolute Gasteiger partial charge is 0.417 e. The van der Waals surface area contributed by atoms with Crippen LogP contribution in [0.25, 0.3) is 28.6 Å². The van der Waals surface area contributed by atoms with E-state index in [0.717, 1.165) is 29.0 Å². The highest BCUT2D eigenvalue weighted by Crippen LogP contribution is 2.33. The lowest BCUT2D eigenvalue weighted by atomic mass is 10.2. The number of rotatable bonds is 4. The molecule has 0 fully saturated rings. The molecular formula is C17H10ClF4N5O3S. The summed E-state index contributed by atoms with van der Waals surface area (Å²) in [4.78, 5) is 8.10. The first-order chi connectivity index (χ1) is 14.4. The zero-order chi connectivity index (χ0) is 22.6. The SMILES string of the molecule is CS(=O)(=O)Nc1ccc(-c2noc(-c3cn4cc(C(F)(F)F)cc(Cl)c4n3)n2)c(F)c1. The third-order valence-corrected chi connectivity index (χ3v) is 4.88. The second-order valence-corrected chi connectivity index (χ2v) is 8.58. The van der Waals surface area contributed by atoms with Gasteiger partial charge in [-0.25, -0.2) is 17.8 Å². The number of hydrogen-bond acceptors (Lipinski definition) is 6. The van der Waals surface area contributed by atoms with Crippen LogP contribution in [0.15, 0.2) is 41.2 Å². The first-order valence-electron chi connectivity index (χ1n) is 8.28. The molecule has 0 aliphatic rings. The molecule has 8 nitrogen and oxygen atoms in total. The minimum Gasteiger partial charge on any atom is -0.332 e. The van der Waals surface area contributed by atoms with Crippen molar-refractivity contribution in [2.24, 2.45) is 0 Å². The Hall–Kier alpha value is -3.19. The van der Waals surface area contributed by atoms with Crippen LogP contribution in [0.3, 0.4) is 0 Å². The standard InChI is InChI=1S/C17H10ClF4N5O3S/c1-31(28,29)26-9-2-3-10(12(19)5-9)14-24-16(30-25-14)13-7-27-6-8(17(20,21)22)4-11(18)15(27)23-13/h2-7,26H,1H3. The maximum atomic E-state index is 14.4. The van der Waals surface area contributed by atoms with E-state index in [4.69, 9.17) is 16.1 Å². The number of sulfonamides is 1. The summed E-state index contributed by atoms with van der Waals surface area (Å²) in [6.07, 6.45) is -1.66. The van der Waals surface area contributed by atoms with Crippen LogP contribution < -0.4 is 4.72 Å². The third kappa shape index (κ3) is 4.32. The molecule has 0 aliphatic carbocycles. The van der Waals surface area contributed by atoms with E-state index < -0.39 is 27.6 Å². The minimum atomic E-state index is -4.60. The van der Waals surface area contributed by atoms with E-state index in [1.165, 1.54) is 18.3 Å². The summed E-state index contributed by atoms with van der Waals surface area (Å²) in [5, 5.41) is 3.41. The van der Waals surface area contributed by atoms with Crippen molar-refractivity contribution in [1.29, 1.82) is 0 Å². The highest BCUT2D eigenvalue weighted by atomic mass is 35.5. The second kappa shape index (κ2) is 7.20. The number of halogens is 5. The molecule has 1 N–H and O–H groups in total. The smallest absolute Gasteiger partial charge is 0.332 e. The molecule has 0 aliphatic heterocycles. The lowest BCUT2D eigenvalue weighted by Gasteiger charge is -2.07. The number of nitrogens with zero attached hydrogens (tertiary/aromatic N) is 4. The number of fused-ring (bicyclic) bond motifs is 1. The topological polar surface area (TPSA) is 102 Å². The molecule has 3 aromatic heterocycles. The number of pyridine rings is 1. The normalized spacial score (nSPS) is 12.5. The van der Waals surface area contributed by atoms with Crippen molar-refractivity contribution in [2.75, 3.05) is 11.0 Å². The predicted molar refractivity (Wildman–Crippen MR) is 102 cm³/mol. The predicted octanol–water partition coefficient (Wildman–Crippen LogP) is 4.23. The Morgan fingerprint density at radius 2 is 1.90 bits per heavy atom. The molecule has 0 amide bonds. The molecule has 0 unspecified atom stereocenters. The van der Waals surface area contributed by atoms with Crippen LogP contribution in [0.5, 0.6) is 0 Å². The van der Waals surface area contributed by atoms with Gasteiger partial charge in [-0.1, -0.05) is 16.8 Å². The number of anilines is 1. The van der Waals surface area contributed by atoms with Gasteiger partial charge in [0.1, 0.15) is 11.5 Å². The lowest BCUT2D eigenvalue weighted by Crippen LogP contribution is -2.09. The summed E-state index contributed by atoms with van der Waals surface area (Å²) < 4.78 is 84.0. The Kier molecular flexibility index (Phi) is 4.89. The van der Waals surface area contributed by atoms with E-state index in [-0.39, 0.29) is 39.3 Å². The molecule has 0 radical (unpaired) electrons. The summed E-state index contributed by atoms with van der Waals surface area (Å²) in [7, 11) is -3.59. The summed E-state index contributed by atoms with van der Waals surface area (Å²) in [5.74, 6) is -1.17. The number of hydrogen-bond donors (Lipinski definition) is 1. The van der Waals surface area contributed by atoms with Crippen molar-refractivity contribution in [2.45, 2.75) is 6.18 Å². The quantitative estimate of drug-likeness (QED) is 0.443. The van der Waals surface area contributed by atoms with Gasteiger partial charge in [-0.15, -0.1) is 0 Å². The Balaban J connectivity index is 1.69. The number of alkyl halides is 3. The average molecular weight is 476 g/mol. The van der Waals surface area contributed by atoms with E-state index >= 15 is 0 Å². The first kappa shape index (κ1) is 21.1. The Labute approximate surface area is 176 Å². The van der Waals surface area contributed by atoms with Crippen LogP contribution in [0, 0.1) is 5.82 Å². The van der Waals surface area contributed by atoms with Crippen molar-refractivity contribution >= 4 is 33.0 Å². The summed E-state index contributed by atoms with van der Waals surface area (Å²) in [6.45, 7) is 0. The van der Waals surface area contributed by atoms with Crippen LogP contribution in [0.1, 0.15) is 5.56 Å². The van der Waals surface area contributed by atoms with Crippen molar-refractivity contribution < 1.29 is 30.5 Å². The number of aromatic nitrogens is 4. The van der Waals surface area contributed by atoms with Crippen molar-refractivity contribution in [1.82, 2.24) is 19.5 Å². The summed E-state index contributed by atoms with van der Waals surface area (Å²) in [6, 6.07) is 4.23. The van der Waals surface area contributed by atoms with Gasteiger partial charge in [0, 0.05) is 12.4 Å². The second-order valence-electron chi connectivity index (χ2n) is 6.42. The van der Waals surface area contributed by atoms with E-state index in [1.807, 2.05) is 0 Å². The summed E-state index contributed by atoms with van der Waals surface area (Å²) in [5.41, 5.74) is -0.995. The van der Waals surface area contributed by atoms with Gasteiger partial charge in [0.05, 0.1) is 28.1 Å². The first-order valence-corrected chi connectivity index (χ1v) is 10.5. The zero-order valence-corrected chi connectivity index (χ0v) is 16.8. The maximum Gasteiger partial charge on any atom is 0.417 e. The molecule has 0 saturated heterocycles. The molecule has 4 rings (SSSR count). The minimum absolute atomic E-state index is 0.00271. The molecule has 162 valence electrons. The van der Waals surface area contributed by atoms with E-state index in [2.05, 4.69) is 19.8 Å². The van der Waals surface area contributed by atoms with Crippen LogP contribution in [0.4, 0.5) is 23.2 Å². The molecule has 0 spiro atoms. The van der Waals surface area contributed by atoms with Crippen molar-refractivity contribution in [3.05, 3.63) is 53.1 Å². The van der Waals surface area contributed by atoms with Crippen LogP contribution in [0.2, 0.25) is 5.02 Å². The molecule has 0 bridgehead atoms. The molecule has 0 atom stereocenters. The van der Waals surface area contributed by atoms with Gasteiger partial charge in [-0.05, 0) is 24.3 Å². The lowest BCUT2D eigenvalue weighted by molar-refractivity contribution is -0.137. The van der Waals surface area contributed by atoms with Crippen LogP contribution in [-0.2, 0) is 16.2 Å². The molecule has 3 heterocycles. The highest BCUT2D eigenvalue weighted by molar-refractivity contribution is 7.92. The Morgan fingerprint density at radius 1 is 1.16 bits per heavy atom. The van der Waals surface area contributed by atoms with Gasteiger partial charge < -0.3 is 8.92 Å². The number of nitrogens with one attached hydrogen (secondary N) is 1. The van der Waals surface area contributed by atoms with Gasteiger partial charge >= 0.3 is 6.18 Å². The maximum absolute atomic E-state index is 14.4. The average Bonchev–Trinajstić information content (AvgIpc) is 3.26. The Morgan fingerprint density at radius 3 is 2.55 bits per heavy atom. The summed E-state index contributed by atoms with van der Waals surface area (Å²) >= 11 is 5.90. The third-order valence-electron chi connectivity index (χ3n) is 3.99. The van der Waals surface area contributed by atoms with E-state index in [0.29, 0.717) is 0 Å². The molecule has 1 aromatic carbocycles. The van der Waals surface area contributed by atoms with Crippen molar-refractivity contribution in [3.8, 4) is 23.0 Å². The van der Waals surface area contributed by atoms with Crippen LogP contribution in [-0.4, -0.2) is 34.2 Å². The fourth-order valence-corrected chi connectivity index (χ4v) is 3.54. The van der Waals surface area contributed by atoms with Gasteiger partial charge in [0.25, 0.3) is 5.89 Å². The van der Waals surface area contributed by atoms with Crippen molar-refractivity contribution in [3.63, 3.8) is 0 Å².